The Bertz CT molecular complexity index is 646. The number of benzene rings is 1. The molecule has 0 aliphatic heterocycles. The molecular weight excluding hydrogens is 302 g/mol. The highest BCUT2D eigenvalue weighted by molar-refractivity contribution is 7.17. The highest BCUT2D eigenvalue weighted by Crippen LogP contribution is 2.31. The molecule has 0 aliphatic carbocycles. The van der Waals surface area contributed by atoms with Gasteiger partial charge in [0.1, 0.15) is 10.6 Å². The van der Waals surface area contributed by atoms with E-state index in [-0.39, 0.29) is 5.75 Å². The Morgan fingerprint density at radius 1 is 1.38 bits per heavy atom. The number of hydrogen-bond acceptors (Lipinski definition) is 6. The fourth-order valence-corrected chi connectivity index (χ4v) is 2.51. The van der Waals surface area contributed by atoms with E-state index in [9.17, 15) is 13.6 Å². The van der Waals surface area contributed by atoms with Crippen LogP contribution in [0.4, 0.5) is 19.6 Å². The van der Waals surface area contributed by atoms with Crippen molar-refractivity contribution in [2.24, 2.45) is 0 Å². The number of carbonyl (C=O) groups excluding carboxylic acids is 1. The van der Waals surface area contributed by atoms with E-state index in [0.717, 1.165) is 11.3 Å². The quantitative estimate of drug-likeness (QED) is 0.855. The van der Waals surface area contributed by atoms with Gasteiger partial charge in [0.15, 0.2) is 5.13 Å². The van der Waals surface area contributed by atoms with Gasteiger partial charge >= 0.3 is 12.6 Å². The molecule has 2 rings (SSSR count). The number of nitrogens with one attached hydrogen (secondary N) is 1. The maximum Gasteiger partial charge on any atom is 0.387 e. The van der Waals surface area contributed by atoms with Crippen molar-refractivity contribution in [3.05, 3.63) is 34.8 Å². The molecule has 1 N–H and O–H groups in total. The van der Waals surface area contributed by atoms with Crippen LogP contribution in [-0.2, 0) is 4.74 Å². The lowest BCUT2D eigenvalue weighted by atomic mass is 10.3. The van der Waals surface area contributed by atoms with Crippen LogP contribution < -0.4 is 10.1 Å². The van der Waals surface area contributed by atoms with Crippen LogP contribution >= 0.6 is 11.3 Å². The molecule has 112 valence electrons. The lowest BCUT2D eigenvalue weighted by Crippen LogP contribution is -2.04. The molecule has 5 nitrogen and oxygen atoms in total. The topological polar surface area (TPSA) is 60.5 Å². The minimum absolute atomic E-state index is 0.0000267. The molecule has 0 atom stereocenters. The van der Waals surface area contributed by atoms with Crippen LogP contribution in [0.5, 0.6) is 5.75 Å². The zero-order valence-corrected chi connectivity index (χ0v) is 12.0. The number of hydrogen-bond donors (Lipinski definition) is 1. The van der Waals surface area contributed by atoms with Gasteiger partial charge in [0, 0.05) is 0 Å². The Morgan fingerprint density at radius 2 is 2.10 bits per heavy atom. The summed E-state index contributed by atoms with van der Waals surface area (Å²) < 4.78 is 33.7. The van der Waals surface area contributed by atoms with E-state index in [0.29, 0.717) is 21.4 Å². The van der Waals surface area contributed by atoms with Gasteiger partial charge in [0.25, 0.3) is 0 Å². The molecule has 21 heavy (non-hydrogen) atoms. The molecule has 1 heterocycles. The molecule has 0 saturated heterocycles. The maximum atomic E-state index is 12.3. The van der Waals surface area contributed by atoms with Gasteiger partial charge in [0.2, 0.25) is 0 Å². The first-order chi connectivity index (χ1) is 10.0. The Labute approximate surface area is 123 Å². The maximum absolute atomic E-state index is 12.3. The number of aromatic nitrogens is 1. The molecule has 0 bridgehead atoms. The summed E-state index contributed by atoms with van der Waals surface area (Å²) in [6.45, 7) is -1.26. The normalized spacial score (nSPS) is 10.5. The van der Waals surface area contributed by atoms with Gasteiger partial charge in [-0.3, -0.25) is 0 Å². The summed E-state index contributed by atoms with van der Waals surface area (Å²) in [6.07, 6.45) is 0. The minimum Gasteiger partial charge on any atom is -0.465 e. The number of aryl methyl sites for hydroxylation is 1. The van der Waals surface area contributed by atoms with Crippen LogP contribution in [0.25, 0.3) is 0 Å². The Hall–Kier alpha value is -2.22. The number of ether oxygens (including phenoxy) is 2. The Morgan fingerprint density at radius 3 is 2.76 bits per heavy atom. The highest BCUT2D eigenvalue weighted by Gasteiger charge is 2.17. The van der Waals surface area contributed by atoms with E-state index in [1.807, 2.05) is 0 Å². The largest absolute Gasteiger partial charge is 0.465 e. The van der Waals surface area contributed by atoms with Crippen LogP contribution in [0.3, 0.4) is 0 Å². The standard InChI is InChI=1S/C13H12F2N2O3S/c1-7-10(11(18)19-2)21-13(16-7)17-8-5-3-4-6-9(8)20-12(14)15/h3-6,12H,1-2H3,(H,16,17). The van der Waals surface area contributed by atoms with Crippen LogP contribution in [0.1, 0.15) is 15.4 Å². The molecule has 0 aliphatic rings. The van der Waals surface area contributed by atoms with Crippen molar-refractivity contribution >= 4 is 28.1 Å². The van der Waals surface area contributed by atoms with E-state index in [4.69, 9.17) is 0 Å². The van der Waals surface area contributed by atoms with Gasteiger partial charge in [-0.2, -0.15) is 8.78 Å². The Balaban J connectivity index is 2.24. The number of thiazole rings is 1. The molecule has 0 radical (unpaired) electrons. The van der Waals surface area contributed by atoms with Crippen molar-refractivity contribution in [2.45, 2.75) is 13.5 Å². The average molecular weight is 314 g/mol. The second-order valence-corrected chi connectivity index (χ2v) is 4.92. The zero-order chi connectivity index (χ0) is 15.4. The van der Waals surface area contributed by atoms with Gasteiger partial charge in [-0.15, -0.1) is 0 Å². The van der Waals surface area contributed by atoms with Gasteiger partial charge in [-0.1, -0.05) is 23.5 Å². The highest BCUT2D eigenvalue weighted by atomic mass is 32.1. The lowest BCUT2D eigenvalue weighted by Gasteiger charge is -2.10. The fraction of sp³-hybridized carbons (Fsp3) is 0.231. The summed E-state index contributed by atoms with van der Waals surface area (Å²) in [5, 5.41) is 3.25. The van der Waals surface area contributed by atoms with Crippen LogP contribution in [0.15, 0.2) is 24.3 Å². The number of anilines is 2. The third-order valence-corrected chi connectivity index (χ3v) is 3.57. The molecule has 0 unspecified atom stereocenters. The predicted molar refractivity (Wildman–Crippen MR) is 74.5 cm³/mol. The summed E-state index contributed by atoms with van der Waals surface area (Å²) in [6, 6.07) is 6.24. The van der Waals surface area contributed by atoms with Crippen molar-refractivity contribution < 1.29 is 23.0 Å². The first kappa shape index (κ1) is 15.2. The minimum atomic E-state index is -2.92. The van der Waals surface area contributed by atoms with E-state index < -0.39 is 12.6 Å². The molecule has 1 aromatic carbocycles. The number of carbonyl (C=O) groups is 1. The van der Waals surface area contributed by atoms with Gasteiger partial charge in [-0.05, 0) is 19.1 Å². The van der Waals surface area contributed by atoms with Gasteiger partial charge < -0.3 is 14.8 Å². The molecule has 0 amide bonds. The average Bonchev–Trinajstić information content (AvgIpc) is 2.80. The van der Waals surface area contributed by atoms with Crippen molar-refractivity contribution in [1.82, 2.24) is 4.98 Å². The van der Waals surface area contributed by atoms with Gasteiger partial charge in [-0.25, -0.2) is 9.78 Å². The van der Waals surface area contributed by atoms with Crippen molar-refractivity contribution in [3.8, 4) is 5.75 Å². The SMILES string of the molecule is COC(=O)c1sc(Nc2ccccc2OC(F)F)nc1C. The van der Waals surface area contributed by atoms with Crippen molar-refractivity contribution in [3.63, 3.8) is 0 Å². The molecule has 0 spiro atoms. The number of methoxy groups -OCH3 is 1. The summed E-state index contributed by atoms with van der Waals surface area (Å²) >= 11 is 1.07. The monoisotopic (exact) mass is 314 g/mol. The van der Waals surface area contributed by atoms with E-state index >= 15 is 0 Å². The Kier molecular flexibility index (Phi) is 4.69. The molecular formula is C13H12F2N2O3S. The summed E-state index contributed by atoms with van der Waals surface area (Å²) in [4.78, 5) is 16.0. The fourth-order valence-electron chi connectivity index (χ4n) is 1.62. The smallest absolute Gasteiger partial charge is 0.387 e. The predicted octanol–water partition coefficient (Wildman–Crippen LogP) is 3.58. The van der Waals surface area contributed by atoms with Crippen LogP contribution in [0.2, 0.25) is 0 Å². The number of para-hydroxylation sites is 2. The zero-order valence-electron chi connectivity index (χ0n) is 11.2. The summed E-state index contributed by atoms with van der Waals surface area (Å²) in [5.74, 6) is -0.491. The van der Waals surface area contributed by atoms with E-state index in [2.05, 4.69) is 19.8 Å². The molecule has 0 fully saturated rings. The molecule has 0 saturated carbocycles. The second-order valence-electron chi connectivity index (χ2n) is 3.92. The molecule has 1 aromatic heterocycles. The van der Waals surface area contributed by atoms with Crippen LogP contribution in [0, 0.1) is 6.92 Å². The number of halogens is 2. The lowest BCUT2D eigenvalue weighted by molar-refractivity contribution is -0.0493. The third kappa shape index (κ3) is 3.66. The number of nitrogens with zero attached hydrogens (tertiary/aromatic N) is 1. The summed E-state index contributed by atoms with van der Waals surface area (Å²) in [7, 11) is 1.28. The van der Waals surface area contributed by atoms with Gasteiger partial charge in [0.05, 0.1) is 18.5 Å². The van der Waals surface area contributed by atoms with Crippen LogP contribution in [-0.4, -0.2) is 24.7 Å². The van der Waals surface area contributed by atoms with Crippen molar-refractivity contribution in [2.75, 3.05) is 12.4 Å². The van der Waals surface area contributed by atoms with Crippen molar-refractivity contribution in [1.29, 1.82) is 0 Å². The second kappa shape index (κ2) is 6.49. The third-order valence-electron chi connectivity index (χ3n) is 2.51. The summed E-state index contributed by atoms with van der Waals surface area (Å²) in [5.41, 5.74) is 0.838. The first-order valence-electron chi connectivity index (χ1n) is 5.88. The molecule has 2 aromatic rings. The number of alkyl halides is 2. The number of rotatable bonds is 5. The first-order valence-corrected chi connectivity index (χ1v) is 6.69. The van der Waals surface area contributed by atoms with E-state index in [1.54, 1.807) is 25.1 Å². The van der Waals surface area contributed by atoms with E-state index in [1.165, 1.54) is 13.2 Å². The molecule has 8 heteroatoms. The number of esters is 1.